The van der Waals surface area contributed by atoms with Gasteiger partial charge in [0.1, 0.15) is 5.82 Å². The zero-order chi connectivity index (χ0) is 13.1. The van der Waals surface area contributed by atoms with Gasteiger partial charge in [-0.2, -0.15) is 0 Å². The van der Waals surface area contributed by atoms with Crippen LogP contribution in [0, 0.1) is 12.7 Å². The lowest BCUT2D eigenvalue weighted by atomic mass is 10.2. The molecule has 1 nitrogen and oxygen atoms in total. The highest BCUT2D eigenvalue weighted by Gasteiger charge is 2.07. The first-order valence-corrected chi connectivity index (χ1v) is 6.99. The predicted molar refractivity (Wildman–Crippen MR) is 75.7 cm³/mol. The Balaban J connectivity index is 1.97. The van der Waals surface area contributed by atoms with Crippen molar-refractivity contribution in [3.8, 4) is 0 Å². The van der Waals surface area contributed by atoms with E-state index >= 15 is 0 Å². The summed E-state index contributed by atoms with van der Waals surface area (Å²) >= 11 is 7.43. The van der Waals surface area contributed by atoms with Crippen molar-refractivity contribution in [2.45, 2.75) is 26.4 Å². The van der Waals surface area contributed by atoms with Crippen LogP contribution in [0.2, 0.25) is 5.02 Å². The molecule has 0 saturated carbocycles. The SMILES string of the molecule is Cc1ccc(C(C)NCc2ccc(Cl)c(F)c2)s1. The molecule has 1 atom stereocenters. The summed E-state index contributed by atoms with van der Waals surface area (Å²) in [6.45, 7) is 4.83. The molecule has 0 radical (unpaired) electrons. The normalized spacial score (nSPS) is 12.7. The van der Waals surface area contributed by atoms with Gasteiger partial charge in [0, 0.05) is 22.3 Å². The van der Waals surface area contributed by atoms with Crippen molar-refractivity contribution in [2.75, 3.05) is 0 Å². The van der Waals surface area contributed by atoms with E-state index in [1.54, 1.807) is 17.4 Å². The molecule has 2 aromatic rings. The second kappa shape index (κ2) is 5.83. The molecule has 0 amide bonds. The fourth-order valence-corrected chi connectivity index (χ4v) is 2.73. The minimum Gasteiger partial charge on any atom is -0.305 e. The van der Waals surface area contributed by atoms with Gasteiger partial charge in [-0.05, 0) is 43.7 Å². The van der Waals surface area contributed by atoms with Crippen LogP contribution < -0.4 is 5.32 Å². The molecule has 4 heteroatoms. The fraction of sp³-hybridized carbons (Fsp3) is 0.286. The largest absolute Gasteiger partial charge is 0.305 e. The minimum atomic E-state index is -0.365. The van der Waals surface area contributed by atoms with Crippen LogP contribution in [0.15, 0.2) is 30.3 Å². The molecule has 0 spiro atoms. The van der Waals surface area contributed by atoms with Gasteiger partial charge in [-0.25, -0.2) is 4.39 Å². The van der Waals surface area contributed by atoms with E-state index in [0.717, 1.165) is 5.56 Å². The number of benzene rings is 1. The van der Waals surface area contributed by atoms with Crippen LogP contribution in [0.25, 0.3) is 0 Å². The smallest absolute Gasteiger partial charge is 0.142 e. The Kier molecular flexibility index (Phi) is 4.38. The first-order valence-electron chi connectivity index (χ1n) is 5.80. The highest BCUT2D eigenvalue weighted by Crippen LogP contribution is 2.23. The summed E-state index contributed by atoms with van der Waals surface area (Å²) < 4.78 is 13.3. The topological polar surface area (TPSA) is 12.0 Å². The monoisotopic (exact) mass is 283 g/mol. The van der Waals surface area contributed by atoms with Crippen molar-refractivity contribution in [3.63, 3.8) is 0 Å². The van der Waals surface area contributed by atoms with Crippen LogP contribution in [0.3, 0.4) is 0 Å². The number of hydrogen-bond acceptors (Lipinski definition) is 2. The Morgan fingerprint density at radius 2 is 2.11 bits per heavy atom. The van der Waals surface area contributed by atoms with E-state index < -0.39 is 0 Å². The summed E-state index contributed by atoms with van der Waals surface area (Å²) in [5.41, 5.74) is 0.900. The second-order valence-corrected chi connectivity index (χ2v) is 6.03. The van der Waals surface area contributed by atoms with E-state index in [2.05, 4.69) is 31.3 Å². The zero-order valence-electron chi connectivity index (χ0n) is 10.3. The standard InChI is InChI=1S/C14H15ClFNS/c1-9-3-6-14(18-9)10(2)17-8-11-4-5-12(15)13(16)7-11/h3-7,10,17H,8H2,1-2H3. The lowest BCUT2D eigenvalue weighted by Crippen LogP contribution is -2.17. The molecule has 18 heavy (non-hydrogen) atoms. The van der Waals surface area contributed by atoms with Crippen LogP contribution in [-0.2, 0) is 6.54 Å². The van der Waals surface area contributed by atoms with E-state index in [9.17, 15) is 4.39 Å². The van der Waals surface area contributed by atoms with Gasteiger partial charge >= 0.3 is 0 Å². The third-order valence-corrected chi connectivity index (χ3v) is 4.27. The highest BCUT2D eigenvalue weighted by atomic mass is 35.5. The van der Waals surface area contributed by atoms with Crippen molar-refractivity contribution in [1.29, 1.82) is 0 Å². The number of halogens is 2. The molecule has 2 rings (SSSR count). The number of aryl methyl sites for hydroxylation is 1. The number of rotatable bonds is 4. The average molecular weight is 284 g/mol. The number of nitrogens with one attached hydrogen (secondary N) is 1. The molecule has 1 unspecified atom stereocenters. The molecule has 1 N–H and O–H groups in total. The molecule has 0 aliphatic rings. The molecular weight excluding hydrogens is 269 g/mol. The van der Waals surface area contributed by atoms with Gasteiger partial charge in [-0.1, -0.05) is 17.7 Å². The van der Waals surface area contributed by atoms with E-state index in [0.29, 0.717) is 6.54 Å². The van der Waals surface area contributed by atoms with Crippen molar-refractivity contribution in [1.82, 2.24) is 5.32 Å². The van der Waals surface area contributed by atoms with E-state index in [1.807, 2.05) is 6.07 Å². The van der Waals surface area contributed by atoms with Crippen LogP contribution in [0.4, 0.5) is 4.39 Å². The molecule has 1 aromatic heterocycles. The maximum Gasteiger partial charge on any atom is 0.142 e. The third-order valence-electron chi connectivity index (χ3n) is 2.78. The van der Waals surface area contributed by atoms with Gasteiger partial charge in [-0.15, -0.1) is 11.3 Å². The maximum absolute atomic E-state index is 13.3. The third kappa shape index (κ3) is 3.31. The van der Waals surface area contributed by atoms with Gasteiger partial charge in [0.15, 0.2) is 0 Å². The van der Waals surface area contributed by atoms with Crippen LogP contribution in [0.5, 0.6) is 0 Å². The molecule has 0 aliphatic carbocycles. The second-order valence-electron chi connectivity index (χ2n) is 4.30. The minimum absolute atomic E-state index is 0.167. The summed E-state index contributed by atoms with van der Waals surface area (Å²) in [6, 6.07) is 9.41. The van der Waals surface area contributed by atoms with Gasteiger partial charge < -0.3 is 5.32 Å². The van der Waals surface area contributed by atoms with E-state index in [1.165, 1.54) is 15.8 Å². The lowest BCUT2D eigenvalue weighted by molar-refractivity contribution is 0.576. The predicted octanol–water partition coefficient (Wildman–Crippen LogP) is 4.70. The van der Waals surface area contributed by atoms with Gasteiger partial charge in [-0.3, -0.25) is 0 Å². The Bertz CT molecular complexity index is 538. The maximum atomic E-state index is 13.3. The Hall–Kier alpha value is -0.900. The summed E-state index contributed by atoms with van der Waals surface area (Å²) in [7, 11) is 0. The van der Waals surface area contributed by atoms with Crippen LogP contribution in [-0.4, -0.2) is 0 Å². The van der Waals surface area contributed by atoms with Crippen LogP contribution in [0.1, 0.15) is 28.3 Å². The fourth-order valence-electron chi connectivity index (χ4n) is 1.71. The van der Waals surface area contributed by atoms with E-state index in [-0.39, 0.29) is 16.9 Å². The zero-order valence-corrected chi connectivity index (χ0v) is 11.9. The first-order chi connectivity index (χ1) is 8.56. The van der Waals surface area contributed by atoms with Crippen molar-refractivity contribution in [2.24, 2.45) is 0 Å². The Morgan fingerprint density at radius 1 is 1.33 bits per heavy atom. The van der Waals surface area contributed by atoms with Gasteiger partial charge in [0.05, 0.1) is 5.02 Å². The van der Waals surface area contributed by atoms with Crippen molar-refractivity contribution in [3.05, 3.63) is 56.5 Å². The Morgan fingerprint density at radius 3 is 2.72 bits per heavy atom. The number of thiophene rings is 1. The lowest BCUT2D eigenvalue weighted by Gasteiger charge is -2.12. The number of hydrogen-bond donors (Lipinski definition) is 1. The molecule has 0 bridgehead atoms. The molecular formula is C14H15ClFNS. The van der Waals surface area contributed by atoms with Crippen molar-refractivity contribution >= 4 is 22.9 Å². The summed E-state index contributed by atoms with van der Waals surface area (Å²) in [4.78, 5) is 2.60. The highest BCUT2D eigenvalue weighted by molar-refractivity contribution is 7.12. The average Bonchev–Trinajstić information content (AvgIpc) is 2.77. The molecule has 1 heterocycles. The van der Waals surface area contributed by atoms with Gasteiger partial charge in [0.2, 0.25) is 0 Å². The van der Waals surface area contributed by atoms with E-state index in [4.69, 9.17) is 11.6 Å². The molecule has 0 aliphatic heterocycles. The van der Waals surface area contributed by atoms with Gasteiger partial charge in [0.25, 0.3) is 0 Å². The molecule has 96 valence electrons. The molecule has 0 saturated heterocycles. The quantitative estimate of drug-likeness (QED) is 0.858. The van der Waals surface area contributed by atoms with Crippen LogP contribution >= 0.6 is 22.9 Å². The Labute approximate surface area is 116 Å². The summed E-state index contributed by atoms with van der Waals surface area (Å²) in [5.74, 6) is -0.365. The molecule has 1 aromatic carbocycles. The first kappa shape index (κ1) is 13.5. The molecule has 0 fully saturated rings. The van der Waals surface area contributed by atoms with Crippen molar-refractivity contribution < 1.29 is 4.39 Å². The summed E-state index contributed by atoms with van der Waals surface area (Å²) in [6.07, 6.45) is 0. The summed E-state index contributed by atoms with van der Waals surface area (Å²) in [5, 5.41) is 3.54.